The van der Waals surface area contributed by atoms with Crippen molar-refractivity contribution in [2.45, 2.75) is 6.92 Å². The molecule has 0 unspecified atom stereocenters. The molecule has 0 aromatic heterocycles. The molecule has 16 heavy (non-hydrogen) atoms. The van der Waals surface area contributed by atoms with Crippen LogP contribution in [0.2, 0.25) is 0 Å². The van der Waals surface area contributed by atoms with Gasteiger partial charge in [0.05, 0.1) is 13.2 Å². The van der Waals surface area contributed by atoms with Gasteiger partial charge in [0.2, 0.25) is 0 Å². The number of phenols is 1. The number of nitrogens with one attached hydrogen (secondary N) is 1. The SMILES string of the molecule is CCOC(=O)NCCOc1ccc(O)cc1. The van der Waals surface area contributed by atoms with E-state index < -0.39 is 6.09 Å². The molecule has 0 aliphatic carbocycles. The van der Waals surface area contributed by atoms with Crippen LogP contribution in [0.3, 0.4) is 0 Å². The predicted molar refractivity (Wildman–Crippen MR) is 58.6 cm³/mol. The molecule has 1 amide bonds. The van der Waals surface area contributed by atoms with Crippen molar-refractivity contribution in [2.24, 2.45) is 0 Å². The molecule has 0 aliphatic heterocycles. The first kappa shape index (κ1) is 12.2. The Bertz CT molecular complexity index is 323. The summed E-state index contributed by atoms with van der Waals surface area (Å²) in [5, 5.41) is 11.6. The topological polar surface area (TPSA) is 67.8 Å². The summed E-state index contributed by atoms with van der Waals surface area (Å²) in [5.74, 6) is 0.834. The van der Waals surface area contributed by atoms with Gasteiger partial charge >= 0.3 is 6.09 Å². The summed E-state index contributed by atoms with van der Waals surface area (Å²) >= 11 is 0. The molecule has 1 aromatic carbocycles. The normalized spacial score (nSPS) is 9.56. The first-order valence-electron chi connectivity index (χ1n) is 5.05. The van der Waals surface area contributed by atoms with Crippen LogP contribution >= 0.6 is 0 Å². The van der Waals surface area contributed by atoms with Crippen LogP contribution in [0, 0.1) is 0 Å². The van der Waals surface area contributed by atoms with Gasteiger partial charge in [-0.2, -0.15) is 0 Å². The lowest BCUT2D eigenvalue weighted by molar-refractivity contribution is 0.150. The van der Waals surface area contributed by atoms with E-state index in [9.17, 15) is 4.79 Å². The molecule has 0 atom stereocenters. The second-order valence-electron chi connectivity index (χ2n) is 2.99. The fourth-order valence-electron chi connectivity index (χ4n) is 1.05. The van der Waals surface area contributed by atoms with Crippen molar-refractivity contribution in [3.63, 3.8) is 0 Å². The summed E-state index contributed by atoms with van der Waals surface area (Å²) in [6, 6.07) is 6.38. The van der Waals surface area contributed by atoms with E-state index in [0.717, 1.165) is 0 Å². The molecule has 0 fully saturated rings. The van der Waals surface area contributed by atoms with Gasteiger partial charge in [-0.3, -0.25) is 0 Å². The molecule has 0 aliphatic rings. The number of benzene rings is 1. The maximum Gasteiger partial charge on any atom is 0.407 e. The minimum atomic E-state index is -0.447. The Balaban J connectivity index is 2.16. The third kappa shape index (κ3) is 4.54. The molecule has 5 nitrogen and oxygen atoms in total. The van der Waals surface area contributed by atoms with Gasteiger partial charge in [0, 0.05) is 0 Å². The maximum absolute atomic E-state index is 10.9. The van der Waals surface area contributed by atoms with Gasteiger partial charge in [-0.05, 0) is 31.2 Å². The molecule has 2 N–H and O–H groups in total. The number of ether oxygens (including phenoxy) is 2. The molecule has 5 heteroatoms. The summed E-state index contributed by atoms with van der Waals surface area (Å²) in [6.07, 6.45) is -0.447. The summed E-state index contributed by atoms with van der Waals surface area (Å²) in [7, 11) is 0. The number of hydrogen-bond acceptors (Lipinski definition) is 4. The molecular weight excluding hydrogens is 210 g/mol. The zero-order valence-electron chi connectivity index (χ0n) is 9.10. The van der Waals surface area contributed by atoms with Crippen LogP contribution in [0.25, 0.3) is 0 Å². The fraction of sp³-hybridized carbons (Fsp3) is 0.364. The lowest BCUT2D eigenvalue weighted by atomic mass is 10.3. The smallest absolute Gasteiger partial charge is 0.407 e. The molecular formula is C11H15NO4. The molecule has 0 radical (unpaired) electrons. The average molecular weight is 225 g/mol. The first-order chi connectivity index (χ1) is 7.72. The molecule has 0 heterocycles. The van der Waals surface area contributed by atoms with E-state index >= 15 is 0 Å². The van der Waals surface area contributed by atoms with Crippen LogP contribution in [0.4, 0.5) is 4.79 Å². The van der Waals surface area contributed by atoms with Crippen molar-refractivity contribution in [3.8, 4) is 11.5 Å². The second kappa shape index (κ2) is 6.55. The number of carbonyl (C=O) groups is 1. The molecule has 88 valence electrons. The van der Waals surface area contributed by atoms with Crippen molar-refractivity contribution >= 4 is 6.09 Å². The zero-order valence-corrected chi connectivity index (χ0v) is 9.10. The fourth-order valence-corrected chi connectivity index (χ4v) is 1.05. The zero-order chi connectivity index (χ0) is 11.8. The van der Waals surface area contributed by atoms with Crippen molar-refractivity contribution in [3.05, 3.63) is 24.3 Å². The first-order valence-corrected chi connectivity index (χ1v) is 5.05. The third-order valence-electron chi connectivity index (χ3n) is 1.75. The highest BCUT2D eigenvalue weighted by atomic mass is 16.5. The molecule has 0 saturated carbocycles. The van der Waals surface area contributed by atoms with Crippen molar-refractivity contribution in [1.82, 2.24) is 5.32 Å². The Labute approximate surface area is 94.0 Å². The largest absolute Gasteiger partial charge is 0.508 e. The van der Waals surface area contributed by atoms with Gasteiger partial charge < -0.3 is 19.9 Å². The lowest BCUT2D eigenvalue weighted by Gasteiger charge is -2.07. The van der Waals surface area contributed by atoms with Crippen LogP contribution in [-0.2, 0) is 4.74 Å². The Morgan fingerprint density at radius 2 is 2.06 bits per heavy atom. The molecule has 0 bridgehead atoms. The van der Waals surface area contributed by atoms with Crippen LogP contribution < -0.4 is 10.1 Å². The van der Waals surface area contributed by atoms with E-state index in [4.69, 9.17) is 9.84 Å². The summed E-state index contributed by atoms with van der Waals surface area (Å²) in [4.78, 5) is 10.9. The van der Waals surface area contributed by atoms with Crippen LogP contribution in [0.5, 0.6) is 11.5 Å². The van der Waals surface area contributed by atoms with E-state index in [1.54, 1.807) is 19.1 Å². The summed E-state index contributed by atoms with van der Waals surface area (Å²) in [5.41, 5.74) is 0. The summed E-state index contributed by atoms with van der Waals surface area (Å²) in [6.45, 7) is 2.82. The predicted octanol–water partition coefficient (Wildman–Crippen LogP) is 1.52. The highest BCUT2D eigenvalue weighted by molar-refractivity contribution is 5.66. The van der Waals surface area contributed by atoms with Crippen LogP contribution in [0.1, 0.15) is 6.92 Å². The number of amides is 1. The number of phenolic OH excluding ortho intramolecular Hbond substituents is 1. The maximum atomic E-state index is 10.9. The Kier molecular flexibility index (Phi) is 4.98. The Hall–Kier alpha value is -1.91. The average Bonchev–Trinajstić information content (AvgIpc) is 2.27. The molecule has 0 spiro atoms. The number of aromatic hydroxyl groups is 1. The standard InChI is InChI=1S/C11H15NO4/c1-2-15-11(14)12-7-8-16-10-5-3-9(13)4-6-10/h3-6,13H,2,7-8H2,1H3,(H,12,14). The minimum absolute atomic E-state index is 0.192. The monoisotopic (exact) mass is 225 g/mol. The highest BCUT2D eigenvalue weighted by Gasteiger charge is 1.99. The van der Waals surface area contributed by atoms with E-state index in [1.807, 2.05) is 0 Å². The van der Waals surface area contributed by atoms with E-state index in [1.165, 1.54) is 12.1 Å². The highest BCUT2D eigenvalue weighted by Crippen LogP contribution is 2.15. The lowest BCUT2D eigenvalue weighted by Crippen LogP contribution is -2.28. The third-order valence-corrected chi connectivity index (χ3v) is 1.75. The van der Waals surface area contributed by atoms with E-state index in [2.05, 4.69) is 10.1 Å². The Morgan fingerprint density at radius 1 is 1.38 bits per heavy atom. The number of alkyl carbamates (subject to hydrolysis) is 1. The van der Waals surface area contributed by atoms with Gasteiger partial charge in [-0.25, -0.2) is 4.79 Å². The Morgan fingerprint density at radius 3 is 2.69 bits per heavy atom. The van der Waals surface area contributed by atoms with Crippen molar-refractivity contribution < 1.29 is 19.4 Å². The van der Waals surface area contributed by atoms with Gasteiger partial charge in [0.15, 0.2) is 0 Å². The van der Waals surface area contributed by atoms with Gasteiger partial charge in [0.1, 0.15) is 18.1 Å². The van der Waals surface area contributed by atoms with Crippen LogP contribution in [0.15, 0.2) is 24.3 Å². The second-order valence-corrected chi connectivity index (χ2v) is 2.99. The number of rotatable bonds is 5. The molecule has 1 aromatic rings. The van der Waals surface area contributed by atoms with Gasteiger partial charge in [0.25, 0.3) is 0 Å². The van der Waals surface area contributed by atoms with Gasteiger partial charge in [-0.15, -0.1) is 0 Å². The van der Waals surface area contributed by atoms with E-state index in [0.29, 0.717) is 25.5 Å². The quantitative estimate of drug-likeness (QED) is 0.745. The number of hydrogen-bond donors (Lipinski definition) is 2. The summed E-state index contributed by atoms with van der Waals surface area (Å²) < 4.78 is 9.98. The molecule has 1 rings (SSSR count). The van der Waals surface area contributed by atoms with Crippen molar-refractivity contribution in [1.29, 1.82) is 0 Å². The van der Waals surface area contributed by atoms with E-state index in [-0.39, 0.29) is 5.75 Å². The molecule has 0 saturated heterocycles. The number of carbonyl (C=O) groups excluding carboxylic acids is 1. The van der Waals surface area contributed by atoms with Gasteiger partial charge in [-0.1, -0.05) is 0 Å². The minimum Gasteiger partial charge on any atom is -0.508 e. The van der Waals surface area contributed by atoms with Crippen LogP contribution in [-0.4, -0.2) is 31.0 Å². The van der Waals surface area contributed by atoms with Crippen molar-refractivity contribution in [2.75, 3.05) is 19.8 Å².